The van der Waals surface area contributed by atoms with Crippen LogP contribution in [0.25, 0.3) is 0 Å². The second-order valence-corrected chi connectivity index (χ2v) is 35.1. The molecule has 3 N–H and O–H groups in total. The standard InChI is InChI=1S/C87H170O17P2/c1-7-9-11-13-15-17-19-21-23-25-27-29-31-33-35-40-44-51-57-63-69-84(89)97-75-82(103-86(91)71-65-59-53-45-41-36-34-32-30-28-26-24-22-20-18-16-14-12-10-8-2)77-101-105(93,94)99-73-81(88)74-100-106(95,96)102-78-83(76-98-85(90)70-64-58-52-48-47-50-56-62-68-80(5)6)104-87(92)72-66-60-54-46-42-38-37-39-43-49-55-61-67-79(3)4/h79-83,88H,7-78H2,1-6H3,(H,93,94)(H,95,96)/t81-,82-,83-/m1/s1. The van der Waals surface area contributed by atoms with Crippen LogP contribution in [0.15, 0.2) is 0 Å². The van der Waals surface area contributed by atoms with Crippen LogP contribution in [0.1, 0.15) is 465 Å². The number of aliphatic hydroxyl groups excluding tert-OH is 1. The van der Waals surface area contributed by atoms with Crippen LogP contribution >= 0.6 is 15.6 Å². The minimum Gasteiger partial charge on any atom is -0.462 e. The van der Waals surface area contributed by atoms with Gasteiger partial charge < -0.3 is 33.8 Å². The Labute approximate surface area is 651 Å². The molecule has 0 saturated heterocycles. The van der Waals surface area contributed by atoms with Gasteiger partial charge in [-0.2, -0.15) is 0 Å². The van der Waals surface area contributed by atoms with E-state index in [4.69, 9.17) is 37.0 Å². The first kappa shape index (κ1) is 104. The number of ether oxygens (including phenoxy) is 4. The van der Waals surface area contributed by atoms with Crippen molar-refractivity contribution in [3.63, 3.8) is 0 Å². The lowest BCUT2D eigenvalue weighted by Gasteiger charge is -2.21. The number of unbranched alkanes of at least 4 members (excludes halogenated alkanes) is 56. The zero-order chi connectivity index (χ0) is 77.8. The summed E-state index contributed by atoms with van der Waals surface area (Å²) in [6.07, 6.45) is 71.0. The Balaban J connectivity index is 5.23. The topological polar surface area (TPSA) is 237 Å². The maximum atomic E-state index is 13.2. The highest BCUT2D eigenvalue weighted by atomic mass is 31.2. The van der Waals surface area contributed by atoms with Gasteiger partial charge in [-0.3, -0.25) is 37.3 Å². The van der Waals surface area contributed by atoms with Gasteiger partial charge in [-0.25, -0.2) is 9.13 Å². The van der Waals surface area contributed by atoms with Gasteiger partial charge in [0.1, 0.15) is 19.3 Å². The molecule has 0 rings (SSSR count). The summed E-state index contributed by atoms with van der Waals surface area (Å²) in [5.74, 6) is -0.599. The van der Waals surface area contributed by atoms with Crippen molar-refractivity contribution in [3.8, 4) is 0 Å². The van der Waals surface area contributed by atoms with Crippen LogP contribution in [0.4, 0.5) is 0 Å². The van der Waals surface area contributed by atoms with Gasteiger partial charge in [-0.1, -0.05) is 414 Å². The maximum absolute atomic E-state index is 13.2. The van der Waals surface area contributed by atoms with Crippen LogP contribution in [-0.2, 0) is 65.4 Å². The lowest BCUT2D eigenvalue weighted by Crippen LogP contribution is -2.30. The minimum atomic E-state index is -4.97. The molecule has 0 aliphatic carbocycles. The fourth-order valence-corrected chi connectivity index (χ4v) is 15.2. The zero-order valence-corrected chi connectivity index (χ0v) is 71.5. The van der Waals surface area contributed by atoms with Crippen LogP contribution in [0.5, 0.6) is 0 Å². The average molecular weight is 1550 g/mol. The number of aliphatic hydroxyl groups is 1. The number of rotatable bonds is 86. The van der Waals surface area contributed by atoms with E-state index in [0.717, 1.165) is 102 Å². The van der Waals surface area contributed by atoms with Crippen LogP contribution in [-0.4, -0.2) is 96.7 Å². The molecule has 0 aromatic rings. The molecular formula is C87H170O17P2. The summed E-state index contributed by atoms with van der Waals surface area (Å²) in [5, 5.41) is 10.7. The predicted molar refractivity (Wildman–Crippen MR) is 437 cm³/mol. The fourth-order valence-electron chi connectivity index (χ4n) is 13.6. The minimum absolute atomic E-state index is 0.107. The van der Waals surface area contributed by atoms with Crippen molar-refractivity contribution in [2.45, 2.75) is 484 Å². The number of carbonyl (C=O) groups is 4. The first-order valence-electron chi connectivity index (χ1n) is 45.0. The Hall–Kier alpha value is -1.94. The van der Waals surface area contributed by atoms with Gasteiger partial charge in [0.15, 0.2) is 12.2 Å². The molecule has 0 amide bonds. The van der Waals surface area contributed by atoms with Gasteiger partial charge in [-0.05, 0) is 37.5 Å². The lowest BCUT2D eigenvalue weighted by molar-refractivity contribution is -0.161. The van der Waals surface area contributed by atoms with Crippen LogP contribution < -0.4 is 0 Å². The van der Waals surface area contributed by atoms with E-state index in [-0.39, 0.29) is 25.7 Å². The van der Waals surface area contributed by atoms with Crippen LogP contribution in [0.2, 0.25) is 0 Å². The largest absolute Gasteiger partial charge is 0.472 e. The Kier molecular flexibility index (Phi) is 76.9. The van der Waals surface area contributed by atoms with Gasteiger partial charge in [0.05, 0.1) is 26.4 Å². The number of hydrogen-bond donors (Lipinski definition) is 3. The quantitative estimate of drug-likeness (QED) is 0.0222. The first-order chi connectivity index (χ1) is 51.4. The zero-order valence-electron chi connectivity index (χ0n) is 69.7. The molecule has 17 nitrogen and oxygen atoms in total. The van der Waals surface area contributed by atoms with Crippen molar-refractivity contribution >= 4 is 39.5 Å². The molecule has 0 bridgehead atoms. The molecular weight excluding hydrogens is 1380 g/mol. The van der Waals surface area contributed by atoms with Crippen molar-refractivity contribution in [3.05, 3.63) is 0 Å². The normalized spacial score (nSPS) is 13.8. The van der Waals surface area contributed by atoms with Gasteiger partial charge in [-0.15, -0.1) is 0 Å². The van der Waals surface area contributed by atoms with Gasteiger partial charge in [0.2, 0.25) is 0 Å². The molecule has 630 valence electrons. The summed E-state index contributed by atoms with van der Waals surface area (Å²) < 4.78 is 68.9. The van der Waals surface area contributed by atoms with E-state index in [1.54, 1.807) is 0 Å². The van der Waals surface area contributed by atoms with E-state index in [1.165, 1.54) is 283 Å². The molecule has 0 aliphatic rings. The monoisotopic (exact) mass is 1550 g/mol. The molecule has 0 aromatic carbocycles. The first-order valence-corrected chi connectivity index (χ1v) is 48.0. The summed E-state index contributed by atoms with van der Waals surface area (Å²) in [5.41, 5.74) is 0. The van der Waals surface area contributed by atoms with Gasteiger partial charge in [0, 0.05) is 25.7 Å². The highest BCUT2D eigenvalue weighted by molar-refractivity contribution is 7.47. The van der Waals surface area contributed by atoms with Crippen LogP contribution in [0, 0.1) is 11.8 Å². The Morgan fingerprint density at radius 1 is 0.255 bits per heavy atom. The highest BCUT2D eigenvalue weighted by Gasteiger charge is 2.30. The predicted octanol–water partition coefficient (Wildman–Crippen LogP) is 26.6. The van der Waals surface area contributed by atoms with E-state index < -0.39 is 97.5 Å². The molecule has 0 heterocycles. The van der Waals surface area contributed by atoms with Gasteiger partial charge >= 0.3 is 39.5 Å². The van der Waals surface area contributed by atoms with Crippen molar-refractivity contribution < 1.29 is 80.2 Å². The maximum Gasteiger partial charge on any atom is 0.472 e. The Morgan fingerprint density at radius 2 is 0.434 bits per heavy atom. The average Bonchev–Trinajstić information content (AvgIpc) is 0.902. The number of hydrogen-bond acceptors (Lipinski definition) is 15. The summed E-state index contributed by atoms with van der Waals surface area (Å²) in [7, 11) is -9.93. The molecule has 0 aromatic heterocycles. The van der Waals surface area contributed by atoms with E-state index in [2.05, 4.69) is 41.5 Å². The summed E-state index contributed by atoms with van der Waals surface area (Å²) in [6, 6.07) is 0. The number of esters is 4. The number of phosphoric ester groups is 2. The smallest absolute Gasteiger partial charge is 0.462 e. The number of carbonyl (C=O) groups excluding carboxylic acids is 4. The van der Waals surface area contributed by atoms with Gasteiger partial charge in [0.25, 0.3) is 0 Å². The second kappa shape index (κ2) is 78.3. The van der Waals surface area contributed by atoms with Crippen molar-refractivity contribution in [1.29, 1.82) is 0 Å². The third-order valence-electron chi connectivity index (χ3n) is 20.5. The number of phosphoric acid groups is 2. The van der Waals surface area contributed by atoms with E-state index in [1.807, 2.05) is 0 Å². The van der Waals surface area contributed by atoms with Crippen molar-refractivity contribution in [1.82, 2.24) is 0 Å². The summed E-state index contributed by atoms with van der Waals surface area (Å²) >= 11 is 0. The Bertz CT molecular complexity index is 2030. The fraction of sp³-hybridized carbons (Fsp3) is 0.954. The SMILES string of the molecule is CCCCCCCCCCCCCCCCCCCCCCC(=O)OC[C@H](COP(=O)(O)OC[C@@H](O)COP(=O)(O)OC[C@@H](COC(=O)CCCCCCCCCCC(C)C)OC(=O)CCCCCCCCCCCCCCC(C)C)OC(=O)CCCCCCCCCCCCCCCCCCCCCC. The molecule has 19 heteroatoms. The van der Waals surface area contributed by atoms with E-state index in [9.17, 15) is 43.2 Å². The molecule has 2 unspecified atom stereocenters. The summed E-state index contributed by atoms with van der Waals surface area (Å²) in [6.45, 7) is 9.65. The molecule has 0 saturated carbocycles. The highest BCUT2D eigenvalue weighted by Crippen LogP contribution is 2.45. The molecule has 0 aliphatic heterocycles. The Morgan fingerprint density at radius 3 is 0.642 bits per heavy atom. The lowest BCUT2D eigenvalue weighted by atomic mass is 10.0. The van der Waals surface area contributed by atoms with E-state index >= 15 is 0 Å². The third-order valence-corrected chi connectivity index (χ3v) is 22.4. The second-order valence-electron chi connectivity index (χ2n) is 32.2. The van der Waals surface area contributed by atoms with E-state index in [0.29, 0.717) is 25.7 Å². The van der Waals surface area contributed by atoms with Crippen molar-refractivity contribution in [2.75, 3.05) is 39.6 Å². The molecule has 0 spiro atoms. The molecule has 106 heavy (non-hydrogen) atoms. The molecule has 0 fully saturated rings. The van der Waals surface area contributed by atoms with Crippen molar-refractivity contribution in [2.24, 2.45) is 11.8 Å². The van der Waals surface area contributed by atoms with Crippen LogP contribution in [0.3, 0.4) is 0 Å². The third kappa shape index (κ3) is 80.1. The summed E-state index contributed by atoms with van der Waals surface area (Å²) in [4.78, 5) is 73.3. The molecule has 5 atom stereocenters. The molecule has 0 radical (unpaired) electrons.